The zero-order valence-electron chi connectivity index (χ0n) is 21.5. The number of benzene rings is 1. The molecule has 0 aliphatic rings. The Kier molecular flexibility index (Phi) is 17.6. The van der Waals surface area contributed by atoms with Crippen molar-refractivity contribution in [3.63, 3.8) is 0 Å². The summed E-state index contributed by atoms with van der Waals surface area (Å²) in [6, 6.07) is 4.11. The maximum atomic E-state index is 12.0. The molecule has 0 unspecified atom stereocenters. The molecule has 0 spiro atoms. The number of hydrogen-bond donors (Lipinski definition) is 1. The number of ether oxygens (including phenoxy) is 2. The molecular formula is C29H46O5. The highest BCUT2D eigenvalue weighted by Gasteiger charge is 2.14. The van der Waals surface area contributed by atoms with E-state index in [1.165, 1.54) is 109 Å². The molecule has 34 heavy (non-hydrogen) atoms. The summed E-state index contributed by atoms with van der Waals surface area (Å²) in [4.78, 5) is 23.6. The van der Waals surface area contributed by atoms with Crippen LogP contribution in [0.15, 0.2) is 30.4 Å². The van der Waals surface area contributed by atoms with Gasteiger partial charge in [0, 0.05) is 6.42 Å². The van der Waals surface area contributed by atoms with Crippen molar-refractivity contribution in [2.75, 3.05) is 7.11 Å². The molecule has 0 radical (unpaired) electrons. The monoisotopic (exact) mass is 474 g/mol. The van der Waals surface area contributed by atoms with Crippen LogP contribution in [0.2, 0.25) is 0 Å². The molecule has 1 aromatic carbocycles. The minimum Gasteiger partial charge on any atom is -0.507 e. The third-order valence-corrected chi connectivity index (χ3v) is 6.00. The van der Waals surface area contributed by atoms with Crippen molar-refractivity contribution in [1.29, 1.82) is 0 Å². The largest absolute Gasteiger partial charge is 0.507 e. The second kappa shape index (κ2) is 20.1. The number of hydrogen-bond acceptors (Lipinski definition) is 5. The molecule has 192 valence electrons. The summed E-state index contributed by atoms with van der Waals surface area (Å²) in [6.45, 7) is 2.26. The summed E-state index contributed by atoms with van der Waals surface area (Å²) in [7, 11) is 1.23. The third kappa shape index (κ3) is 14.8. The summed E-state index contributed by atoms with van der Waals surface area (Å²) < 4.78 is 9.88. The van der Waals surface area contributed by atoms with Gasteiger partial charge in [-0.1, -0.05) is 89.7 Å². The molecule has 0 amide bonds. The van der Waals surface area contributed by atoms with E-state index in [9.17, 15) is 14.7 Å². The van der Waals surface area contributed by atoms with Gasteiger partial charge in [0.1, 0.15) is 17.1 Å². The van der Waals surface area contributed by atoms with E-state index in [2.05, 4.69) is 23.8 Å². The zero-order valence-corrected chi connectivity index (χ0v) is 21.5. The highest BCUT2D eigenvalue weighted by Crippen LogP contribution is 2.24. The summed E-state index contributed by atoms with van der Waals surface area (Å²) in [5, 5.41) is 9.70. The molecule has 1 N–H and O–H groups in total. The van der Waals surface area contributed by atoms with Crippen LogP contribution in [0.4, 0.5) is 0 Å². The Hall–Kier alpha value is -2.30. The van der Waals surface area contributed by atoms with Crippen molar-refractivity contribution in [3.05, 3.63) is 35.9 Å². The Labute approximate surface area is 206 Å². The second-order valence-electron chi connectivity index (χ2n) is 9.04. The first-order valence-corrected chi connectivity index (χ1v) is 13.4. The lowest BCUT2D eigenvalue weighted by molar-refractivity contribution is -0.134. The van der Waals surface area contributed by atoms with E-state index < -0.39 is 5.97 Å². The predicted octanol–water partition coefficient (Wildman–Crippen LogP) is 8.29. The highest BCUT2D eigenvalue weighted by atomic mass is 16.5. The average molecular weight is 475 g/mol. The molecule has 0 bridgehead atoms. The minimum atomic E-state index is -0.671. The lowest BCUT2D eigenvalue weighted by Crippen LogP contribution is -2.09. The molecule has 1 rings (SSSR count). The minimum absolute atomic E-state index is 0.0167. The molecule has 0 saturated heterocycles. The number of carbonyl (C=O) groups excluding carboxylic acids is 2. The molecule has 0 atom stereocenters. The summed E-state index contributed by atoms with van der Waals surface area (Å²) in [5.41, 5.74) is -0.0167. The third-order valence-electron chi connectivity index (χ3n) is 6.00. The SMILES string of the molecule is CCCCCCCC/C=C/CCCCCCCCCCC(=O)Oc1ccc(O)c(C(=O)OC)c1. The van der Waals surface area contributed by atoms with Crippen LogP contribution in [0, 0.1) is 0 Å². The van der Waals surface area contributed by atoms with Crippen LogP contribution in [-0.4, -0.2) is 24.2 Å². The molecule has 0 heterocycles. The van der Waals surface area contributed by atoms with Crippen LogP contribution in [0.1, 0.15) is 126 Å². The van der Waals surface area contributed by atoms with E-state index in [-0.39, 0.29) is 23.0 Å². The number of rotatable bonds is 20. The Morgan fingerprint density at radius 1 is 0.794 bits per heavy atom. The molecule has 5 heteroatoms. The summed E-state index contributed by atoms with van der Waals surface area (Å²) >= 11 is 0. The molecule has 0 aliphatic carbocycles. The number of aromatic hydroxyl groups is 1. The Bertz CT molecular complexity index is 710. The number of phenolic OH excluding ortho intramolecular Hbond substituents is 1. The fourth-order valence-corrected chi connectivity index (χ4v) is 3.90. The summed E-state index contributed by atoms with van der Waals surface area (Å²) in [5.74, 6) is -0.964. The number of unbranched alkanes of at least 4 members (excludes halogenated alkanes) is 14. The van der Waals surface area contributed by atoms with Crippen molar-refractivity contribution in [2.24, 2.45) is 0 Å². The lowest BCUT2D eigenvalue weighted by atomic mass is 10.1. The maximum Gasteiger partial charge on any atom is 0.341 e. The molecule has 0 aliphatic heterocycles. The van der Waals surface area contributed by atoms with Crippen LogP contribution in [-0.2, 0) is 9.53 Å². The van der Waals surface area contributed by atoms with Crippen molar-refractivity contribution in [1.82, 2.24) is 0 Å². The van der Waals surface area contributed by atoms with Crippen molar-refractivity contribution >= 4 is 11.9 Å². The number of allylic oxidation sites excluding steroid dienone is 2. The Morgan fingerprint density at radius 3 is 1.88 bits per heavy atom. The first-order chi connectivity index (χ1) is 16.6. The van der Waals surface area contributed by atoms with Gasteiger partial charge >= 0.3 is 11.9 Å². The fraction of sp³-hybridized carbons (Fsp3) is 0.655. The van der Waals surface area contributed by atoms with Gasteiger partial charge in [0.15, 0.2) is 0 Å². The van der Waals surface area contributed by atoms with E-state index in [1.54, 1.807) is 0 Å². The Balaban J connectivity index is 1.95. The van der Waals surface area contributed by atoms with Crippen LogP contribution < -0.4 is 4.74 Å². The van der Waals surface area contributed by atoms with E-state index in [4.69, 9.17) is 4.74 Å². The highest BCUT2D eigenvalue weighted by molar-refractivity contribution is 5.93. The van der Waals surface area contributed by atoms with Gasteiger partial charge in [0.2, 0.25) is 0 Å². The standard InChI is InChI=1S/C29H46O5/c1-3-4-5-6-7-8-9-10-11-12-13-14-15-16-17-18-19-20-21-28(31)34-25-22-23-27(30)26(24-25)29(32)33-2/h10-11,22-24,30H,3-9,12-21H2,1-2H3/b11-10+. The number of carbonyl (C=O) groups is 2. The lowest BCUT2D eigenvalue weighted by Gasteiger charge is -2.07. The first kappa shape index (κ1) is 29.7. The van der Waals surface area contributed by atoms with Crippen molar-refractivity contribution in [3.8, 4) is 11.5 Å². The molecular weight excluding hydrogens is 428 g/mol. The van der Waals surface area contributed by atoms with Crippen LogP contribution in [0.3, 0.4) is 0 Å². The van der Waals surface area contributed by atoms with Gasteiger partial charge in [-0.25, -0.2) is 4.79 Å². The molecule has 1 aromatic rings. The smallest absolute Gasteiger partial charge is 0.341 e. The quantitative estimate of drug-likeness (QED) is 0.0890. The van der Waals surface area contributed by atoms with Gasteiger partial charge < -0.3 is 14.6 Å². The second-order valence-corrected chi connectivity index (χ2v) is 9.04. The molecule has 0 saturated carbocycles. The van der Waals surface area contributed by atoms with Gasteiger partial charge in [-0.05, 0) is 50.3 Å². The molecule has 5 nitrogen and oxygen atoms in total. The normalized spacial score (nSPS) is 11.1. The van der Waals surface area contributed by atoms with E-state index in [0.717, 1.165) is 19.3 Å². The van der Waals surface area contributed by atoms with Gasteiger partial charge in [0.05, 0.1) is 7.11 Å². The Morgan fingerprint density at radius 2 is 1.32 bits per heavy atom. The van der Waals surface area contributed by atoms with Gasteiger partial charge in [0.25, 0.3) is 0 Å². The van der Waals surface area contributed by atoms with Crippen LogP contribution >= 0.6 is 0 Å². The number of phenols is 1. The summed E-state index contributed by atoms with van der Waals surface area (Å²) in [6.07, 6.45) is 25.0. The van der Waals surface area contributed by atoms with Crippen LogP contribution in [0.25, 0.3) is 0 Å². The molecule has 0 fully saturated rings. The number of methoxy groups -OCH3 is 1. The predicted molar refractivity (Wildman–Crippen MR) is 138 cm³/mol. The topological polar surface area (TPSA) is 72.8 Å². The van der Waals surface area contributed by atoms with Crippen LogP contribution in [0.5, 0.6) is 11.5 Å². The van der Waals surface area contributed by atoms with Crippen molar-refractivity contribution < 1.29 is 24.2 Å². The van der Waals surface area contributed by atoms with E-state index >= 15 is 0 Å². The van der Waals surface area contributed by atoms with E-state index in [1.807, 2.05) is 0 Å². The maximum absolute atomic E-state index is 12.0. The first-order valence-electron chi connectivity index (χ1n) is 13.4. The van der Waals surface area contributed by atoms with Gasteiger partial charge in [-0.15, -0.1) is 0 Å². The van der Waals surface area contributed by atoms with E-state index in [0.29, 0.717) is 6.42 Å². The van der Waals surface area contributed by atoms with Gasteiger partial charge in [-0.3, -0.25) is 4.79 Å². The molecule has 0 aromatic heterocycles. The number of esters is 2. The zero-order chi connectivity index (χ0) is 24.9. The average Bonchev–Trinajstić information content (AvgIpc) is 2.84. The fourth-order valence-electron chi connectivity index (χ4n) is 3.90. The van der Waals surface area contributed by atoms with Crippen molar-refractivity contribution in [2.45, 2.75) is 116 Å². The van der Waals surface area contributed by atoms with Gasteiger partial charge in [-0.2, -0.15) is 0 Å².